The minimum Gasteiger partial charge on any atom is -0.491 e. The number of aliphatic carboxylic acids is 1. The smallest absolute Gasteiger partial charge is 0.329 e. The Hall–Kier alpha value is -3.87. The van der Waals surface area contributed by atoms with Crippen molar-refractivity contribution in [3.05, 3.63) is 124 Å². The van der Waals surface area contributed by atoms with Crippen molar-refractivity contribution in [2.75, 3.05) is 11.9 Å². The SMILES string of the molecule is O=C(O)C1(Nc2cccc(Cl)c2)CCC2(CC1)c1ccccc1CC2C[C@H](COc1ccnc2ccsc12)c1ccccc1. The molecule has 1 spiro atoms. The van der Waals surface area contributed by atoms with Gasteiger partial charge in [0.1, 0.15) is 11.3 Å². The number of nitrogens with one attached hydrogen (secondary N) is 1. The summed E-state index contributed by atoms with van der Waals surface area (Å²) in [6.45, 7) is 0.569. The summed E-state index contributed by atoms with van der Waals surface area (Å²) in [4.78, 5) is 17.3. The van der Waals surface area contributed by atoms with E-state index in [1.54, 1.807) is 17.4 Å². The minimum atomic E-state index is -1.03. The van der Waals surface area contributed by atoms with E-state index >= 15 is 0 Å². The molecule has 1 unspecified atom stereocenters. The van der Waals surface area contributed by atoms with Crippen LogP contribution in [0.3, 0.4) is 0 Å². The highest BCUT2D eigenvalue weighted by Crippen LogP contribution is 2.56. The number of halogens is 1. The Kier molecular flexibility index (Phi) is 7.81. The maximum Gasteiger partial charge on any atom is 0.329 e. The summed E-state index contributed by atoms with van der Waals surface area (Å²) in [5.74, 6) is 0.631. The van der Waals surface area contributed by atoms with E-state index in [0.29, 0.717) is 30.4 Å². The average molecular weight is 623 g/mol. The van der Waals surface area contributed by atoms with Gasteiger partial charge in [-0.25, -0.2) is 4.79 Å². The first kappa shape index (κ1) is 28.9. The van der Waals surface area contributed by atoms with Crippen molar-refractivity contribution in [3.63, 3.8) is 0 Å². The van der Waals surface area contributed by atoms with Crippen LogP contribution in [0.25, 0.3) is 10.2 Å². The van der Waals surface area contributed by atoms with E-state index in [1.165, 1.54) is 16.7 Å². The summed E-state index contributed by atoms with van der Waals surface area (Å²) in [5, 5.41) is 16.6. The van der Waals surface area contributed by atoms with Gasteiger partial charge in [0.15, 0.2) is 0 Å². The van der Waals surface area contributed by atoms with Crippen molar-refractivity contribution in [1.29, 1.82) is 0 Å². The van der Waals surface area contributed by atoms with Gasteiger partial charge in [-0.2, -0.15) is 0 Å². The molecule has 2 aliphatic carbocycles. The van der Waals surface area contributed by atoms with E-state index < -0.39 is 11.5 Å². The van der Waals surface area contributed by atoms with Gasteiger partial charge in [-0.1, -0.05) is 72.3 Å². The lowest BCUT2D eigenvalue weighted by molar-refractivity contribution is -0.144. The van der Waals surface area contributed by atoms with E-state index in [-0.39, 0.29) is 11.3 Å². The molecule has 0 aliphatic heterocycles. The number of rotatable bonds is 9. The summed E-state index contributed by atoms with van der Waals surface area (Å²) in [7, 11) is 0. The van der Waals surface area contributed by atoms with Crippen LogP contribution >= 0.6 is 22.9 Å². The van der Waals surface area contributed by atoms with Crippen LogP contribution in [0, 0.1) is 5.92 Å². The maximum atomic E-state index is 12.8. The van der Waals surface area contributed by atoms with Crippen LogP contribution in [-0.2, 0) is 16.6 Å². The van der Waals surface area contributed by atoms with E-state index in [1.807, 2.05) is 36.5 Å². The largest absolute Gasteiger partial charge is 0.491 e. The number of carboxylic acids is 1. The van der Waals surface area contributed by atoms with Crippen LogP contribution in [0.1, 0.15) is 54.7 Å². The number of thiophene rings is 1. The van der Waals surface area contributed by atoms with Crippen LogP contribution in [0.4, 0.5) is 5.69 Å². The number of nitrogens with zero attached hydrogens (tertiary/aromatic N) is 1. The second-order valence-electron chi connectivity index (χ2n) is 12.3. The maximum absolute atomic E-state index is 12.8. The molecule has 0 radical (unpaired) electrons. The monoisotopic (exact) mass is 622 g/mol. The standard InChI is InChI=1S/C37H35ClN2O3S/c38-29-10-6-11-30(23-29)40-37(35(41)42)17-15-36(16-18-37)28(21-26-9-4-5-12-31(26)36)22-27(25-7-2-1-3-8-25)24-43-33-13-19-39-32-14-20-44-34(32)33/h1-14,19-20,23,27-28,40H,15-18,21-22,24H2,(H,41,42)/t27-,28?,36?,37?/m1/s1. The molecule has 44 heavy (non-hydrogen) atoms. The first-order valence-electron chi connectivity index (χ1n) is 15.3. The summed E-state index contributed by atoms with van der Waals surface area (Å²) in [6, 6.07) is 30.9. The summed E-state index contributed by atoms with van der Waals surface area (Å²) < 4.78 is 7.65. The van der Waals surface area contributed by atoms with Crippen LogP contribution < -0.4 is 10.1 Å². The third kappa shape index (κ3) is 5.35. The second kappa shape index (κ2) is 11.9. The Morgan fingerprint density at radius 3 is 2.59 bits per heavy atom. The molecule has 7 rings (SSSR count). The van der Waals surface area contributed by atoms with Gasteiger partial charge in [0, 0.05) is 22.8 Å². The molecule has 0 saturated heterocycles. The lowest BCUT2D eigenvalue weighted by atomic mass is 9.59. The topological polar surface area (TPSA) is 71.5 Å². The third-order valence-electron chi connectivity index (χ3n) is 10.0. The number of pyridine rings is 1. The average Bonchev–Trinajstić information content (AvgIpc) is 3.64. The number of carbonyl (C=O) groups is 1. The summed E-state index contributed by atoms with van der Waals surface area (Å²) >= 11 is 7.91. The molecule has 7 heteroatoms. The van der Waals surface area contributed by atoms with Gasteiger partial charge in [-0.3, -0.25) is 4.98 Å². The zero-order valence-electron chi connectivity index (χ0n) is 24.4. The quantitative estimate of drug-likeness (QED) is 0.171. The van der Waals surface area contributed by atoms with Crippen LogP contribution in [0.15, 0.2) is 103 Å². The van der Waals surface area contributed by atoms with Crippen molar-refractivity contribution >= 4 is 44.8 Å². The molecule has 2 heterocycles. The molecule has 5 nitrogen and oxygen atoms in total. The minimum absolute atomic E-state index is 0.0870. The summed E-state index contributed by atoms with van der Waals surface area (Å²) in [6.07, 6.45) is 6.46. The Balaban J connectivity index is 1.18. The van der Waals surface area contributed by atoms with Gasteiger partial charge in [-0.05, 0) is 102 Å². The van der Waals surface area contributed by atoms with E-state index in [2.05, 4.69) is 70.3 Å². The Labute approximate surface area is 266 Å². The first-order chi connectivity index (χ1) is 21.5. The number of anilines is 1. The Morgan fingerprint density at radius 1 is 1.00 bits per heavy atom. The number of hydrogen-bond donors (Lipinski definition) is 2. The number of carboxylic acid groups (broad SMARTS) is 1. The molecule has 2 N–H and O–H groups in total. The third-order valence-corrected chi connectivity index (χ3v) is 11.2. The van der Waals surface area contributed by atoms with Gasteiger partial charge < -0.3 is 15.2 Å². The number of ether oxygens (including phenoxy) is 1. The summed E-state index contributed by atoms with van der Waals surface area (Å²) in [5.41, 5.74) is 4.65. The fourth-order valence-corrected chi connectivity index (χ4v) is 8.74. The van der Waals surface area contributed by atoms with Crippen LogP contribution in [-0.4, -0.2) is 28.2 Å². The molecule has 3 aromatic carbocycles. The fraction of sp³-hybridized carbons (Fsp3) is 0.297. The van der Waals surface area contributed by atoms with E-state index in [4.69, 9.17) is 16.3 Å². The molecule has 2 aliphatic rings. The molecule has 1 saturated carbocycles. The molecule has 2 aromatic heterocycles. The highest BCUT2D eigenvalue weighted by Gasteiger charge is 2.54. The van der Waals surface area contributed by atoms with Crippen molar-refractivity contribution in [2.24, 2.45) is 5.92 Å². The number of benzene rings is 3. The van der Waals surface area contributed by atoms with Crippen LogP contribution in [0.5, 0.6) is 5.75 Å². The van der Waals surface area contributed by atoms with E-state index in [0.717, 1.165) is 47.3 Å². The molecule has 5 aromatic rings. The molecular formula is C37H35ClN2O3S. The molecule has 0 bridgehead atoms. The van der Waals surface area contributed by atoms with Crippen molar-refractivity contribution in [1.82, 2.24) is 4.98 Å². The van der Waals surface area contributed by atoms with Gasteiger partial charge in [0.25, 0.3) is 0 Å². The normalized spacial score (nSPS) is 23.3. The lowest BCUT2D eigenvalue weighted by Gasteiger charge is -2.47. The van der Waals surface area contributed by atoms with Gasteiger partial charge >= 0.3 is 5.97 Å². The Bertz CT molecular complexity index is 1780. The number of hydrogen-bond acceptors (Lipinski definition) is 5. The highest BCUT2D eigenvalue weighted by atomic mass is 35.5. The fourth-order valence-electron chi connectivity index (χ4n) is 7.73. The van der Waals surface area contributed by atoms with Crippen LogP contribution in [0.2, 0.25) is 5.02 Å². The zero-order valence-corrected chi connectivity index (χ0v) is 26.0. The molecule has 2 atom stereocenters. The Morgan fingerprint density at radius 2 is 1.80 bits per heavy atom. The van der Waals surface area contributed by atoms with Crippen molar-refractivity contribution in [2.45, 2.75) is 55.4 Å². The predicted molar refractivity (Wildman–Crippen MR) is 178 cm³/mol. The number of fused-ring (bicyclic) bond motifs is 3. The van der Waals surface area contributed by atoms with E-state index in [9.17, 15) is 9.90 Å². The molecular weight excluding hydrogens is 588 g/mol. The number of aromatic nitrogens is 1. The van der Waals surface area contributed by atoms with Crippen molar-refractivity contribution in [3.8, 4) is 5.75 Å². The molecule has 224 valence electrons. The second-order valence-corrected chi connectivity index (χ2v) is 13.7. The predicted octanol–water partition coefficient (Wildman–Crippen LogP) is 9.12. The van der Waals surface area contributed by atoms with Gasteiger partial charge in [-0.15, -0.1) is 11.3 Å². The first-order valence-corrected chi connectivity index (χ1v) is 16.6. The van der Waals surface area contributed by atoms with Gasteiger partial charge in [0.2, 0.25) is 0 Å². The molecule has 0 amide bonds. The zero-order chi connectivity index (χ0) is 30.1. The van der Waals surface area contributed by atoms with Gasteiger partial charge in [0.05, 0.1) is 16.8 Å². The molecule has 1 fully saturated rings. The highest BCUT2D eigenvalue weighted by molar-refractivity contribution is 7.17. The van der Waals surface area contributed by atoms with Crippen molar-refractivity contribution < 1.29 is 14.6 Å². The lowest BCUT2D eigenvalue weighted by Crippen LogP contribution is -2.53.